The highest BCUT2D eigenvalue weighted by Crippen LogP contribution is 2.40. The predicted octanol–water partition coefficient (Wildman–Crippen LogP) is 4.90. The molecule has 178 valence electrons. The molecular formula is C26H30N4O2S2. The van der Waals surface area contributed by atoms with Gasteiger partial charge in [-0.1, -0.05) is 30.3 Å². The summed E-state index contributed by atoms with van der Waals surface area (Å²) in [5.41, 5.74) is 4.13. The number of aromatic nitrogens is 2. The van der Waals surface area contributed by atoms with Gasteiger partial charge in [0.15, 0.2) is 0 Å². The number of hydrogen-bond donors (Lipinski definition) is 2. The van der Waals surface area contributed by atoms with Gasteiger partial charge in [-0.05, 0) is 32.9 Å². The zero-order chi connectivity index (χ0) is 23.7. The van der Waals surface area contributed by atoms with Crippen LogP contribution < -0.4 is 15.0 Å². The summed E-state index contributed by atoms with van der Waals surface area (Å²) in [4.78, 5) is 12.2. The second kappa shape index (κ2) is 9.62. The van der Waals surface area contributed by atoms with Crippen LogP contribution in [-0.4, -0.2) is 53.0 Å². The van der Waals surface area contributed by atoms with Crippen molar-refractivity contribution >= 4 is 38.6 Å². The standard InChI is InChI=1S/C26H30N4O2S2/c1-17(31)14-32-21-9-10-22-23(28-18(2)34-22)24(21)30-12-11-27-26(3,16-30)13-20-15-33-25(29-20)19-7-5-4-6-8-19/h4-10,15,17,27,31H,11-14,16H2,1-3H3/t17-,26+/m1/s1. The van der Waals surface area contributed by atoms with Crippen molar-refractivity contribution in [1.82, 2.24) is 15.3 Å². The van der Waals surface area contributed by atoms with Crippen LogP contribution >= 0.6 is 22.7 Å². The number of hydrogen-bond acceptors (Lipinski definition) is 8. The second-order valence-electron chi connectivity index (χ2n) is 9.25. The van der Waals surface area contributed by atoms with E-state index in [-0.39, 0.29) is 12.1 Å². The molecule has 8 heteroatoms. The molecule has 1 aliphatic rings. The Hall–Kier alpha value is -2.52. The zero-order valence-corrected chi connectivity index (χ0v) is 21.4. The number of aliphatic hydroxyl groups excluding tert-OH is 1. The highest BCUT2D eigenvalue weighted by Gasteiger charge is 2.34. The molecule has 2 aromatic carbocycles. The van der Waals surface area contributed by atoms with Crippen LogP contribution in [0.2, 0.25) is 0 Å². The largest absolute Gasteiger partial charge is 0.489 e. The van der Waals surface area contributed by atoms with E-state index >= 15 is 0 Å². The Labute approximate surface area is 208 Å². The van der Waals surface area contributed by atoms with Gasteiger partial charge in [-0.15, -0.1) is 22.7 Å². The Bertz CT molecular complexity index is 1270. The molecule has 1 fully saturated rings. The molecule has 0 bridgehead atoms. The van der Waals surface area contributed by atoms with Gasteiger partial charge in [0.25, 0.3) is 0 Å². The lowest BCUT2D eigenvalue weighted by Gasteiger charge is -2.43. The van der Waals surface area contributed by atoms with Gasteiger partial charge >= 0.3 is 0 Å². The average molecular weight is 495 g/mol. The Morgan fingerprint density at radius 1 is 1.21 bits per heavy atom. The summed E-state index contributed by atoms with van der Waals surface area (Å²) in [6.07, 6.45) is 0.306. The van der Waals surface area contributed by atoms with E-state index in [0.717, 1.165) is 69.0 Å². The number of fused-ring (bicyclic) bond motifs is 1. The van der Waals surface area contributed by atoms with Crippen LogP contribution in [0.3, 0.4) is 0 Å². The fourth-order valence-electron chi connectivity index (χ4n) is 4.56. The summed E-state index contributed by atoms with van der Waals surface area (Å²) >= 11 is 3.40. The van der Waals surface area contributed by atoms with Gasteiger partial charge in [-0.25, -0.2) is 9.97 Å². The second-order valence-corrected chi connectivity index (χ2v) is 11.3. The van der Waals surface area contributed by atoms with E-state index in [4.69, 9.17) is 14.7 Å². The van der Waals surface area contributed by atoms with Crippen molar-refractivity contribution in [3.63, 3.8) is 0 Å². The third-order valence-corrected chi connectivity index (χ3v) is 7.89. The molecule has 0 amide bonds. The maximum atomic E-state index is 9.80. The molecule has 2 aromatic heterocycles. The van der Waals surface area contributed by atoms with Crippen molar-refractivity contribution in [2.45, 2.75) is 38.8 Å². The van der Waals surface area contributed by atoms with Gasteiger partial charge in [-0.3, -0.25) is 0 Å². The first-order chi connectivity index (χ1) is 16.4. The first kappa shape index (κ1) is 23.2. The summed E-state index contributed by atoms with van der Waals surface area (Å²) in [7, 11) is 0. The van der Waals surface area contributed by atoms with E-state index in [9.17, 15) is 5.11 Å². The average Bonchev–Trinajstić information content (AvgIpc) is 3.43. The number of piperazine rings is 1. The summed E-state index contributed by atoms with van der Waals surface area (Å²) < 4.78 is 7.21. The van der Waals surface area contributed by atoms with Gasteiger partial charge in [-0.2, -0.15) is 0 Å². The summed E-state index contributed by atoms with van der Waals surface area (Å²) in [5.74, 6) is 0.781. The fourth-order valence-corrected chi connectivity index (χ4v) is 6.22. The highest BCUT2D eigenvalue weighted by atomic mass is 32.1. The molecule has 2 atom stereocenters. The van der Waals surface area contributed by atoms with Gasteiger partial charge in [0, 0.05) is 42.5 Å². The maximum absolute atomic E-state index is 9.80. The number of aryl methyl sites for hydroxylation is 1. The van der Waals surface area contributed by atoms with Crippen molar-refractivity contribution in [2.75, 3.05) is 31.1 Å². The topological polar surface area (TPSA) is 70.5 Å². The van der Waals surface area contributed by atoms with Crippen LogP contribution in [0.5, 0.6) is 5.75 Å². The number of nitrogens with zero attached hydrogens (tertiary/aromatic N) is 3. The Balaban J connectivity index is 1.42. The van der Waals surface area contributed by atoms with E-state index in [1.807, 2.05) is 19.1 Å². The number of aliphatic hydroxyl groups is 1. The third kappa shape index (κ3) is 4.95. The molecule has 34 heavy (non-hydrogen) atoms. The van der Waals surface area contributed by atoms with Crippen molar-refractivity contribution < 1.29 is 9.84 Å². The molecule has 0 radical (unpaired) electrons. The number of ether oxygens (including phenoxy) is 1. The molecule has 1 aliphatic heterocycles. The van der Waals surface area contributed by atoms with Crippen molar-refractivity contribution in [1.29, 1.82) is 0 Å². The molecule has 3 heterocycles. The lowest BCUT2D eigenvalue weighted by Crippen LogP contribution is -2.60. The molecular weight excluding hydrogens is 464 g/mol. The lowest BCUT2D eigenvalue weighted by atomic mass is 9.93. The number of rotatable bonds is 7. The minimum absolute atomic E-state index is 0.144. The molecule has 4 aromatic rings. The number of benzene rings is 2. The van der Waals surface area contributed by atoms with Gasteiger partial charge in [0.2, 0.25) is 0 Å². The van der Waals surface area contributed by atoms with Crippen LogP contribution in [0.25, 0.3) is 20.8 Å². The number of nitrogens with one attached hydrogen (secondary N) is 1. The Kier molecular flexibility index (Phi) is 6.57. The number of thiazole rings is 2. The fraction of sp³-hybridized carbons (Fsp3) is 0.385. The van der Waals surface area contributed by atoms with Crippen LogP contribution in [0.4, 0.5) is 5.69 Å². The van der Waals surface area contributed by atoms with Gasteiger partial charge in [0.1, 0.15) is 28.6 Å². The van der Waals surface area contributed by atoms with Crippen LogP contribution in [0.15, 0.2) is 47.8 Å². The van der Waals surface area contributed by atoms with E-state index in [0.29, 0.717) is 0 Å². The Morgan fingerprint density at radius 3 is 2.82 bits per heavy atom. The minimum atomic E-state index is -0.530. The van der Waals surface area contributed by atoms with Crippen LogP contribution in [-0.2, 0) is 6.42 Å². The van der Waals surface area contributed by atoms with E-state index < -0.39 is 6.10 Å². The first-order valence-electron chi connectivity index (χ1n) is 11.6. The molecule has 0 unspecified atom stereocenters. The highest BCUT2D eigenvalue weighted by molar-refractivity contribution is 7.18. The molecule has 1 saturated heterocycles. The normalized spacial score (nSPS) is 19.5. The van der Waals surface area contributed by atoms with E-state index in [1.54, 1.807) is 29.6 Å². The summed E-state index contributed by atoms with van der Waals surface area (Å²) in [6, 6.07) is 14.4. The zero-order valence-electron chi connectivity index (χ0n) is 19.7. The maximum Gasteiger partial charge on any atom is 0.145 e. The SMILES string of the molecule is Cc1nc2c(N3CCN[C@@](C)(Cc4csc(-c5ccccc5)n4)C3)c(OC[C@@H](C)O)ccc2s1. The van der Waals surface area contributed by atoms with Crippen LogP contribution in [0.1, 0.15) is 24.5 Å². The molecule has 0 saturated carbocycles. The van der Waals surface area contributed by atoms with Crippen molar-refractivity contribution in [2.24, 2.45) is 0 Å². The first-order valence-corrected chi connectivity index (χ1v) is 13.3. The van der Waals surface area contributed by atoms with E-state index in [2.05, 4.69) is 52.9 Å². The smallest absolute Gasteiger partial charge is 0.145 e. The van der Waals surface area contributed by atoms with E-state index in [1.165, 1.54) is 0 Å². The van der Waals surface area contributed by atoms with Gasteiger partial charge in [0.05, 0.1) is 21.5 Å². The minimum Gasteiger partial charge on any atom is -0.489 e. The van der Waals surface area contributed by atoms with Crippen molar-refractivity contribution in [3.8, 4) is 16.3 Å². The summed E-state index contributed by atoms with van der Waals surface area (Å²) in [5, 5.41) is 17.8. The molecule has 2 N–H and O–H groups in total. The lowest BCUT2D eigenvalue weighted by molar-refractivity contribution is 0.123. The van der Waals surface area contributed by atoms with Crippen LogP contribution in [0, 0.1) is 6.92 Å². The molecule has 0 spiro atoms. The summed E-state index contributed by atoms with van der Waals surface area (Å²) in [6.45, 7) is 8.84. The molecule has 5 rings (SSSR count). The molecule has 6 nitrogen and oxygen atoms in total. The quantitative estimate of drug-likeness (QED) is 0.381. The predicted molar refractivity (Wildman–Crippen MR) is 141 cm³/mol. The van der Waals surface area contributed by atoms with Crippen molar-refractivity contribution in [3.05, 3.63) is 58.5 Å². The molecule has 0 aliphatic carbocycles. The monoisotopic (exact) mass is 494 g/mol. The number of anilines is 1. The Morgan fingerprint density at radius 2 is 2.03 bits per heavy atom. The third-order valence-electron chi connectivity index (χ3n) is 6.02. The van der Waals surface area contributed by atoms with Gasteiger partial charge < -0.3 is 20.1 Å².